The number of hydrogen-bond donors (Lipinski definition) is 1. The minimum Gasteiger partial charge on any atom is -0.490 e. The van der Waals surface area contributed by atoms with Crippen molar-refractivity contribution >= 4 is 23.0 Å². The van der Waals surface area contributed by atoms with E-state index in [0.717, 1.165) is 5.69 Å². The van der Waals surface area contributed by atoms with Gasteiger partial charge in [-0.25, -0.2) is 0 Å². The minimum absolute atomic E-state index is 0.0715. The van der Waals surface area contributed by atoms with Crippen molar-refractivity contribution in [3.8, 4) is 11.5 Å². The average Bonchev–Trinajstić information content (AvgIpc) is 2.60. The Labute approximate surface area is 145 Å². The number of amides is 1. The van der Waals surface area contributed by atoms with Gasteiger partial charge in [-0.1, -0.05) is 0 Å². The second kappa shape index (κ2) is 8.00. The van der Waals surface area contributed by atoms with Crippen LogP contribution in [-0.4, -0.2) is 38.6 Å². The molecule has 132 valence electrons. The highest BCUT2D eigenvalue weighted by Crippen LogP contribution is 2.30. The zero-order valence-electron chi connectivity index (χ0n) is 14.2. The van der Waals surface area contributed by atoms with Gasteiger partial charge in [0.1, 0.15) is 5.75 Å². The lowest BCUT2D eigenvalue weighted by Crippen LogP contribution is -2.20. The molecule has 0 saturated heterocycles. The smallest absolute Gasteiger partial charge is 0.311 e. The van der Waals surface area contributed by atoms with Crippen LogP contribution in [0.3, 0.4) is 0 Å². The highest BCUT2D eigenvalue weighted by atomic mass is 16.6. The van der Waals surface area contributed by atoms with Crippen molar-refractivity contribution in [1.82, 2.24) is 0 Å². The van der Waals surface area contributed by atoms with E-state index in [2.05, 4.69) is 5.32 Å². The summed E-state index contributed by atoms with van der Waals surface area (Å²) in [5, 5.41) is 13.6. The quantitative estimate of drug-likeness (QED) is 0.612. The van der Waals surface area contributed by atoms with Crippen molar-refractivity contribution in [2.24, 2.45) is 0 Å². The lowest BCUT2D eigenvalue weighted by Gasteiger charge is -2.13. The van der Waals surface area contributed by atoms with Crippen molar-refractivity contribution in [1.29, 1.82) is 0 Å². The van der Waals surface area contributed by atoms with Crippen molar-refractivity contribution < 1.29 is 19.2 Å². The van der Waals surface area contributed by atoms with Gasteiger partial charge < -0.3 is 19.7 Å². The molecule has 1 amide bonds. The summed E-state index contributed by atoms with van der Waals surface area (Å²) >= 11 is 0. The van der Waals surface area contributed by atoms with E-state index < -0.39 is 4.92 Å². The monoisotopic (exact) mass is 345 g/mol. The molecule has 1 N–H and O–H groups in total. The van der Waals surface area contributed by atoms with Crippen molar-refractivity contribution in [3.05, 3.63) is 52.6 Å². The Hall–Kier alpha value is -3.29. The number of methoxy groups -OCH3 is 1. The average molecular weight is 345 g/mol. The first kappa shape index (κ1) is 18.1. The maximum absolute atomic E-state index is 11.9. The second-order valence-electron chi connectivity index (χ2n) is 5.37. The first-order valence-electron chi connectivity index (χ1n) is 7.43. The van der Waals surface area contributed by atoms with Crippen LogP contribution in [-0.2, 0) is 4.79 Å². The number of carbonyl (C=O) groups excluding carboxylic acids is 1. The van der Waals surface area contributed by atoms with Crippen LogP contribution in [0.4, 0.5) is 17.1 Å². The molecule has 0 aliphatic carbocycles. The molecule has 0 heterocycles. The Kier molecular flexibility index (Phi) is 5.78. The van der Waals surface area contributed by atoms with Gasteiger partial charge in [0.25, 0.3) is 5.91 Å². The van der Waals surface area contributed by atoms with Crippen LogP contribution in [0, 0.1) is 10.1 Å². The number of nitro groups is 1. The molecular weight excluding hydrogens is 326 g/mol. The third kappa shape index (κ3) is 4.84. The molecule has 0 aromatic heterocycles. The van der Waals surface area contributed by atoms with Crippen LogP contribution in [0.15, 0.2) is 42.5 Å². The summed E-state index contributed by atoms with van der Waals surface area (Å²) in [6, 6.07) is 11.4. The van der Waals surface area contributed by atoms with E-state index in [4.69, 9.17) is 9.47 Å². The topological polar surface area (TPSA) is 93.9 Å². The van der Waals surface area contributed by atoms with Gasteiger partial charge >= 0.3 is 5.69 Å². The zero-order chi connectivity index (χ0) is 18.4. The van der Waals surface area contributed by atoms with Gasteiger partial charge in [-0.05, 0) is 30.3 Å². The molecule has 8 nitrogen and oxygen atoms in total. The molecule has 0 aliphatic rings. The Balaban J connectivity index is 1.94. The summed E-state index contributed by atoms with van der Waals surface area (Å²) in [4.78, 5) is 24.2. The van der Waals surface area contributed by atoms with Crippen LogP contribution in [0.5, 0.6) is 11.5 Å². The summed E-state index contributed by atoms with van der Waals surface area (Å²) in [5.41, 5.74) is 1.51. The predicted molar refractivity (Wildman–Crippen MR) is 94.5 cm³/mol. The maximum atomic E-state index is 11.9. The minimum atomic E-state index is -0.549. The number of nitrogens with one attached hydrogen (secondary N) is 1. The molecule has 0 radical (unpaired) electrons. The summed E-state index contributed by atoms with van der Waals surface area (Å²) in [7, 11) is 5.19. The van der Waals surface area contributed by atoms with Crippen LogP contribution in [0.2, 0.25) is 0 Å². The highest BCUT2D eigenvalue weighted by molar-refractivity contribution is 5.92. The van der Waals surface area contributed by atoms with Crippen molar-refractivity contribution in [3.63, 3.8) is 0 Å². The van der Waals surface area contributed by atoms with E-state index >= 15 is 0 Å². The summed E-state index contributed by atoms with van der Waals surface area (Å²) in [6.07, 6.45) is 0. The van der Waals surface area contributed by atoms with E-state index in [9.17, 15) is 14.9 Å². The van der Waals surface area contributed by atoms with Gasteiger partial charge in [-0.3, -0.25) is 14.9 Å². The number of rotatable bonds is 7. The molecule has 0 bridgehead atoms. The molecule has 2 rings (SSSR count). The van der Waals surface area contributed by atoms with Crippen LogP contribution in [0.25, 0.3) is 0 Å². The van der Waals surface area contributed by atoms with E-state index in [1.165, 1.54) is 25.3 Å². The molecule has 0 spiro atoms. The summed E-state index contributed by atoms with van der Waals surface area (Å²) < 4.78 is 10.3. The van der Waals surface area contributed by atoms with Gasteiger partial charge in [-0.2, -0.15) is 0 Å². The number of nitrogens with zero attached hydrogens (tertiary/aromatic N) is 2. The van der Waals surface area contributed by atoms with Gasteiger partial charge in [0.2, 0.25) is 5.75 Å². The number of benzene rings is 2. The zero-order valence-corrected chi connectivity index (χ0v) is 14.2. The Morgan fingerprint density at radius 3 is 2.44 bits per heavy atom. The molecule has 0 atom stereocenters. The SMILES string of the molecule is COc1cc(OCC(=O)Nc2ccc(N(C)C)cc2)ccc1[N+](=O)[O-]. The molecule has 8 heteroatoms. The highest BCUT2D eigenvalue weighted by Gasteiger charge is 2.15. The Morgan fingerprint density at radius 1 is 1.20 bits per heavy atom. The largest absolute Gasteiger partial charge is 0.490 e. The van der Waals surface area contributed by atoms with Crippen LogP contribution in [0.1, 0.15) is 0 Å². The number of ether oxygens (including phenoxy) is 2. The van der Waals surface area contributed by atoms with Crippen LogP contribution < -0.4 is 19.7 Å². The van der Waals surface area contributed by atoms with Crippen molar-refractivity contribution in [2.75, 3.05) is 38.0 Å². The number of anilines is 2. The molecule has 2 aromatic carbocycles. The fraction of sp³-hybridized carbons (Fsp3) is 0.235. The van der Waals surface area contributed by atoms with Gasteiger partial charge in [0, 0.05) is 37.6 Å². The summed E-state index contributed by atoms with van der Waals surface area (Å²) in [5.74, 6) is 0.0395. The molecule has 0 saturated carbocycles. The van der Waals surface area contributed by atoms with Gasteiger partial charge in [0.15, 0.2) is 6.61 Å². The fourth-order valence-electron chi connectivity index (χ4n) is 2.09. The molecule has 0 unspecified atom stereocenters. The third-order valence-corrected chi connectivity index (χ3v) is 3.39. The van der Waals surface area contributed by atoms with Gasteiger partial charge in [-0.15, -0.1) is 0 Å². The fourth-order valence-corrected chi connectivity index (χ4v) is 2.09. The molecule has 25 heavy (non-hydrogen) atoms. The number of nitro benzene ring substituents is 1. The van der Waals surface area contributed by atoms with E-state index in [0.29, 0.717) is 11.4 Å². The van der Waals surface area contributed by atoms with E-state index in [1.807, 2.05) is 31.1 Å². The molecular formula is C17H19N3O5. The maximum Gasteiger partial charge on any atom is 0.311 e. The number of carbonyl (C=O) groups is 1. The normalized spacial score (nSPS) is 10.0. The van der Waals surface area contributed by atoms with Crippen LogP contribution >= 0.6 is 0 Å². The van der Waals surface area contributed by atoms with Crippen molar-refractivity contribution in [2.45, 2.75) is 0 Å². The first-order chi connectivity index (χ1) is 11.9. The number of hydrogen-bond acceptors (Lipinski definition) is 6. The molecule has 0 fully saturated rings. The molecule has 0 aliphatic heterocycles. The summed E-state index contributed by atoms with van der Waals surface area (Å²) in [6.45, 7) is -0.226. The first-order valence-corrected chi connectivity index (χ1v) is 7.43. The Bertz CT molecular complexity index is 759. The van der Waals surface area contributed by atoms with E-state index in [1.54, 1.807) is 12.1 Å². The lowest BCUT2D eigenvalue weighted by molar-refractivity contribution is -0.385. The second-order valence-corrected chi connectivity index (χ2v) is 5.37. The van der Waals surface area contributed by atoms with E-state index in [-0.39, 0.29) is 24.0 Å². The Morgan fingerprint density at radius 2 is 1.88 bits per heavy atom. The standard InChI is InChI=1S/C17H19N3O5/c1-19(2)13-6-4-12(5-7-13)18-17(21)11-25-14-8-9-15(20(22)23)16(10-14)24-3/h4-10H,11H2,1-3H3,(H,18,21). The third-order valence-electron chi connectivity index (χ3n) is 3.39. The predicted octanol–water partition coefficient (Wildman–Crippen LogP) is 2.69. The lowest BCUT2D eigenvalue weighted by atomic mass is 10.2. The van der Waals surface area contributed by atoms with Gasteiger partial charge in [0.05, 0.1) is 12.0 Å². The molecule has 2 aromatic rings.